The summed E-state index contributed by atoms with van der Waals surface area (Å²) in [6.45, 7) is 3.95. The molecule has 1 aromatic rings. The molecule has 1 N–H and O–H groups in total. The third-order valence-electron chi connectivity index (χ3n) is 3.85. The van der Waals surface area contributed by atoms with Crippen LogP contribution >= 0.6 is 0 Å². The van der Waals surface area contributed by atoms with Gasteiger partial charge in [0.25, 0.3) is 0 Å². The third-order valence-corrected chi connectivity index (χ3v) is 3.85. The molecule has 0 unspecified atom stereocenters. The Labute approximate surface area is 116 Å². The maximum absolute atomic E-state index is 12.2. The smallest absolute Gasteiger partial charge is 0.324 e. The van der Waals surface area contributed by atoms with Crippen LogP contribution in [-0.2, 0) is 4.79 Å². The molecule has 1 atom stereocenters. The molecular weight excluding hydrogens is 260 g/mol. The van der Waals surface area contributed by atoms with Crippen molar-refractivity contribution >= 4 is 11.9 Å². The maximum atomic E-state index is 12.2. The van der Waals surface area contributed by atoms with E-state index >= 15 is 0 Å². The van der Waals surface area contributed by atoms with E-state index in [0.29, 0.717) is 13.1 Å². The number of likely N-dealkylation sites (tertiary alicyclic amines) is 1. The highest BCUT2D eigenvalue weighted by Gasteiger charge is 2.33. The molecule has 3 rings (SSSR count). The number of carbonyl (C=O) groups excluding carboxylic acids is 2. The predicted octanol–water partition coefficient (Wildman–Crippen LogP) is 0.672. The first-order chi connectivity index (χ1) is 9.65. The molecule has 2 aliphatic heterocycles. The van der Waals surface area contributed by atoms with Crippen LogP contribution in [0.3, 0.4) is 0 Å². The summed E-state index contributed by atoms with van der Waals surface area (Å²) in [6, 6.07) is 1.74. The summed E-state index contributed by atoms with van der Waals surface area (Å²) in [6.07, 6.45) is 1.99. The highest BCUT2D eigenvalue weighted by Crippen LogP contribution is 2.31. The first-order valence-corrected chi connectivity index (χ1v) is 6.90. The van der Waals surface area contributed by atoms with E-state index in [4.69, 9.17) is 4.52 Å². The number of aromatic nitrogens is 1. The molecule has 108 valence electrons. The second kappa shape index (κ2) is 5.24. The van der Waals surface area contributed by atoms with Gasteiger partial charge in [-0.3, -0.25) is 14.6 Å². The first kappa shape index (κ1) is 13.1. The van der Waals surface area contributed by atoms with Crippen molar-refractivity contribution in [3.8, 4) is 0 Å². The van der Waals surface area contributed by atoms with Crippen LogP contribution in [0.5, 0.6) is 0 Å². The number of nitrogens with one attached hydrogen (secondary N) is 1. The number of rotatable bonds is 3. The first-order valence-electron chi connectivity index (χ1n) is 6.90. The van der Waals surface area contributed by atoms with Gasteiger partial charge in [0.05, 0.1) is 12.6 Å². The lowest BCUT2D eigenvalue weighted by Crippen LogP contribution is -2.41. The van der Waals surface area contributed by atoms with E-state index in [2.05, 4.69) is 15.4 Å². The minimum absolute atomic E-state index is 0.113. The number of aryl methyl sites for hydroxylation is 1. The Morgan fingerprint density at radius 2 is 2.40 bits per heavy atom. The van der Waals surface area contributed by atoms with Gasteiger partial charge < -0.3 is 9.84 Å². The lowest BCUT2D eigenvalue weighted by Gasteiger charge is -2.23. The molecule has 0 radical (unpaired) electrons. The Bertz CT molecular complexity index is 527. The van der Waals surface area contributed by atoms with E-state index in [1.54, 1.807) is 0 Å². The molecule has 7 nitrogen and oxygen atoms in total. The Hall–Kier alpha value is -1.89. The third kappa shape index (κ3) is 2.40. The van der Waals surface area contributed by atoms with E-state index in [1.807, 2.05) is 13.0 Å². The van der Waals surface area contributed by atoms with Gasteiger partial charge in [0, 0.05) is 19.2 Å². The number of urea groups is 1. The standard InChI is InChI=1S/C13H18N4O3/c1-9-7-10(15-20-9)11-3-2-5-16(11)8-12(18)17-6-4-14-13(17)19/h7,11H,2-6,8H2,1H3,(H,14,19)/t11-/m1/s1. The second-order valence-electron chi connectivity index (χ2n) is 5.27. The molecule has 20 heavy (non-hydrogen) atoms. The van der Waals surface area contributed by atoms with Crippen LogP contribution in [0.25, 0.3) is 0 Å². The number of nitrogens with zero attached hydrogens (tertiary/aromatic N) is 3. The van der Waals surface area contributed by atoms with Crippen LogP contribution in [0.4, 0.5) is 4.79 Å². The van der Waals surface area contributed by atoms with Crippen molar-refractivity contribution in [1.29, 1.82) is 0 Å². The Morgan fingerprint density at radius 1 is 1.55 bits per heavy atom. The lowest BCUT2D eigenvalue weighted by atomic mass is 10.1. The van der Waals surface area contributed by atoms with Gasteiger partial charge in [-0.1, -0.05) is 5.16 Å². The zero-order chi connectivity index (χ0) is 14.1. The van der Waals surface area contributed by atoms with E-state index in [-0.39, 0.29) is 24.5 Å². The van der Waals surface area contributed by atoms with Crippen molar-refractivity contribution in [3.05, 3.63) is 17.5 Å². The normalized spacial score (nSPS) is 23.4. The number of hydrogen-bond acceptors (Lipinski definition) is 5. The van der Waals surface area contributed by atoms with Crippen molar-refractivity contribution in [3.63, 3.8) is 0 Å². The fourth-order valence-corrected chi connectivity index (χ4v) is 2.86. The molecule has 0 aliphatic carbocycles. The van der Waals surface area contributed by atoms with E-state index < -0.39 is 0 Å². The molecule has 2 fully saturated rings. The number of imide groups is 1. The maximum Gasteiger partial charge on any atom is 0.324 e. The summed E-state index contributed by atoms with van der Waals surface area (Å²) in [5.74, 6) is 0.629. The van der Waals surface area contributed by atoms with Crippen molar-refractivity contribution in [1.82, 2.24) is 20.3 Å². The van der Waals surface area contributed by atoms with Crippen LogP contribution in [0.2, 0.25) is 0 Å². The number of carbonyl (C=O) groups is 2. The summed E-state index contributed by atoms with van der Waals surface area (Å²) in [7, 11) is 0. The van der Waals surface area contributed by atoms with Crippen LogP contribution in [-0.4, -0.2) is 53.1 Å². The molecule has 0 spiro atoms. The summed E-state index contributed by atoms with van der Waals surface area (Å²) in [4.78, 5) is 27.0. The van der Waals surface area contributed by atoms with Crippen LogP contribution in [0.1, 0.15) is 30.3 Å². The van der Waals surface area contributed by atoms with Gasteiger partial charge in [0.1, 0.15) is 11.5 Å². The zero-order valence-corrected chi connectivity index (χ0v) is 11.5. The fraction of sp³-hybridized carbons (Fsp3) is 0.615. The minimum atomic E-state index is -0.289. The Kier molecular flexibility index (Phi) is 3.43. The molecule has 0 bridgehead atoms. The zero-order valence-electron chi connectivity index (χ0n) is 11.5. The molecule has 0 aromatic carbocycles. The van der Waals surface area contributed by atoms with Crippen LogP contribution in [0.15, 0.2) is 10.6 Å². The Balaban J connectivity index is 1.67. The average molecular weight is 278 g/mol. The summed E-state index contributed by atoms with van der Waals surface area (Å²) in [5, 5.41) is 6.69. The second-order valence-corrected chi connectivity index (χ2v) is 5.27. The molecular formula is C13H18N4O3. The molecule has 2 aliphatic rings. The van der Waals surface area contributed by atoms with Crippen molar-refractivity contribution in [2.24, 2.45) is 0 Å². The van der Waals surface area contributed by atoms with Crippen LogP contribution < -0.4 is 5.32 Å². The monoisotopic (exact) mass is 278 g/mol. The fourth-order valence-electron chi connectivity index (χ4n) is 2.86. The largest absolute Gasteiger partial charge is 0.361 e. The SMILES string of the molecule is Cc1cc([C@H]2CCCN2CC(=O)N2CCNC2=O)no1. The van der Waals surface area contributed by atoms with Gasteiger partial charge in [-0.15, -0.1) is 0 Å². The molecule has 1 aromatic heterocycles. The average Bonchev–Trinajstić information content (AvgIpc) is 3.10. The van der Waals surface area contributed by atoms with Gasteiger partial charge in [-0.25, -0.2) is 4.79 Å². The highest BCUT2D eigenvalue weighted by molar-refractivity contribution is 5.96. The van der Waals surface area contributed by atoms with Crippen molar-refractivity contribution in [2.45, 2.75) is 25.8 Å². The molecule has 0 saturated carbocycles. The molecule has 3 amide bonds. The van der Waals surface area contributed by atoms with Crippen molar-refractivity contribution in [2.75, 3.05) is 26.2 Å². The van der Waals surface area contributed by atoms with Gasteiger partial charge in [-0.05, 0) is 26.3 Å². The number of amides is 3. The van der Waals surface area contributed by atoms with E-state index in [9.17, 15) is 9.59 Å². The molecule has 7 heteroatoms. The lowest BCUT2D eigenvalue weighted by molar-refractivity contribution is -0.129. The van der Waals surface area contributed by atoms with Crippen LogP contribution in [0, 0.1) is 6.92 Å². The number of hydrogen-bond donors (Lipinski definition) is 1. The highest BCUT2D eigenvalue weighted by atomic mass is 16.5. The predicted molar refractivity (Wildman–Crippen MR) is 69.9 cm³/mol. The van der Waals surface area contributed by atoms with Gasteiger partial charge in [0.2, 0.25) is 5.91 Å². The van der Waals surface area contributed by atoms with Gasteiger partial charge >= 0.3 is 6.03 Å². The van der Waals surface area contributed by atoms with Gasteiger partial charge in [-0.2, -0.15) is 0 Å². The topological polar surface area (TPSA) is 78.7 Å². The summed E-state index contributed by atoms with van der Waals surface area (Å²) in [5.41, 5.74) is 0.874. The molecule has 2 saturated heterocycles. The summed E-state index contributed by atoms with van der Waals surface area (Å²) >= 11 is 0. The van der Waals surface area contributed by atoms with Crippen molar-refractivity contribution < 1.29 is 14.1 Å². The minimum Gasteiger partial charge on any atom is -0.361 e. The quantitative estimate of drug-likeness (QED) is 0.879. The van der Waals surface area contributed by atoms with Gasteiger partial charge in [0.15, 0.2) is 0 Å². The van der Waals surface area contributed by atoms with E-state index in [0.717, 1.165) is 30.8 Å². The molecule has 3 heterocycles. The Morgan fingerprint density at radius 3 is 3.05 bits per heavy atom. The van der Waals surface area contributed by atoms with E-state index in [1.165, 1.54) is 4.90 Å². The summed E-state index contributed by atoms with van der Waals surface area (Å²) < 4.78 is 5.11.